The van der Waals surface area contributed by atoms with E-state index in [0.29, 0.717) is 0 Å². The van der Waals surface area contributed by atoms with Crippen molar-refractivity contribution in [3.63, 3.8) is 0 Å². The molecule has 198 valence electrons. The Kier molecular flexibility index (Phi) is 13.0. The lowest BCUT2D eigenvalue weighted by molar-refractivity contribution is -0.142. The fraction of sp³-hybridized carbons (Fsp3) is 0.455. The third kappa shape index (κ3) is 12.3. The van der Waals surface area contributed by atoms with E-state index in [9.17, 15) is 29.1 Å². The quantitative estimate of drug-likeness (QED) is 0.0646. The van der Waals surface area contributed by atoms with E-state index < -0.39 is 54.3 Å². The van der Waals surface area contributed by atoms with Gasteiger partial charge in [-0.2, -0.15) is 0 Å². The number of nitrogens with two attached hydrogens (primary N) is 4. The Morgan fingerprint density at radius 2 is 1.58 bits per heavy atom. The van der Waals surface area contributed by atoms with Gasteiger partial charge in [-0.25, -0.2) is 4.79 Å². The Hall–Kier alpha value is -4.20. The van der Waals surface area contributed by atoms with Gasteiger partial charge in [0.15, 0.2) is 5.96 Å². The number of carbonyl (C=O) groups is 5. The van der Waals surface area contributed by atoms with Crippen molar-refractivity contribution in [2.45, 2.75) is 50.2 Å². The van der Waals surface area contributed by atoms with Crippen molar-refractivity contribution >= 4 is 35.6 Å². The zero-order valence-electron chi connectivity index (χ0n) is 19.8. The van der Waals surface area contributed by atoms with E-state index in [-0.39, 0.29) is 44.6 Å². The number of nitrogens with one attached hydrogen (secondary N) is 3. The van der Waals surface area contributed by atoms with Crippen molar-refractivity contribution in [2.75, 3.05) is 13.1 Å². The first-order valence-corrected chi connectivity index (χ1v) is 11.2. The number of carbonyl (C=O) groups excluding carboxylic acids is 4. The number of aliphatic carboxylic acids is 1. The van der Waals surface area contributed by atoms with Crippen molar-refractivity contribution in [3.8, 4) is 0 Å². The third-order valence-electron chi connectivity index (χ3n) is 4.95. The molecule has 1 aromatic carbocycles. The Morgan fingerprint density at radius 1 is 0.917 bits per heavy atom. The largest absolute Gasteiger partial charge is 0.480 e. The molecule has 12 N–H and O–H groups in total. The number of guanidine groups is 1. The molecule has 14 heteroatoms. The lowest BCUT2D eigenvalue weighted by atomic mass is 10.1. The average Bonchev–Trinajstić information content (AvgIpc) is 2.82. The Bertz CT molecular complexity index is 936. The smallest absolute Gasteiger partial charge is 0.326 e. The van der Waals surface area contributed by atoms with Crippen LogP contribution in [-0.2, 0) is 30.4 Å². The molecule has 0 heterocycles. The first-order chi connectivity index (χ1) is 17.0. The van der Waals surface area contributed by atoms with E-state index in [2.05, 4.69) is 20.9 Å². The number of primary amides is 1. The van der Waals surface area contributed by atoms with Crippen LogP contribution in [0.3, 0.4) is 0 Å². The number of hydrogen-bond acceptors (Lipinski definition) is 7. The maximum Gasteiger partial charge on any atom is 0.326 e. The summed E-state index contributed by atoms with van der Waals surface area (Å²) in [5.41, 5.74) is 22.3. The molecule has 0 aromatic heterocycles. The summed E-state index contributed by atoms with van der Waals surface area (Å²) in [4.78, 5) is 63.7. The van der Waals surface area contributed by atoms with Gasteiger partial charge < -0.3 is 44.0 Å². The molecule has 1 aromatic rings. The second-order valence-corrected chi connectivity index (χ2v) is 7.99. The molecule has 0 aliphatic carbocycles. The minimum Gasteiger partial charge on any atom is -0.480 e. The van der Waals surface area contributed by atoms with Crippen LogP contribution in [0, 0.1) is 0 Å². The van der Waals surface area contributed by atoms with Crippen molar-refractivity contribution in [1.29, 1.82) is 0 Å². The third-order valence-corrected chi connectivity index (χ3v) is 4.95. The van der Waals surface area contributed by atoms with E-state index in [1.54, 1.807) is 0 Å². The molecule has 0 aliphatic rings. The van der Waals surface area contributed by atoms with E-state index in [0.717, 1.165) is 5.56 Å². The molecule has 3 unspecified atom stereocenters. The van der Waals surface area contributed by atoms with Gasteiger partial charge in [0, 0.05) is 13.0 Å². The van der Waals surface area contributed by atoms with Crippen LogP contribution in [0.4, 0.5) is 0 Å². The number of carboxylic acids is 1. The Balaban J connectivity index is 2.67. The van der Waals surface area contributed by atoms with Crippen molar-refractivity contribution in [1.82, 2.24) is 16.0 Å². The molecule has 4 amide bonds. The zero-order valence-corrected chi connectivity index (χ0v) is 19.8. The van der Waals surface area contributed by atoms with Gasteiger partial charge in [-0.3, -0.25) is 24.2 Å². The standard InChI is InChI=1S/C22H34N8O6/c23-14(11-13-5-2-1-3-6-13)19(33)28-12-18(32)29-15(8-9-17(24)31)20(34)30-16(21(35)36)7-4-10-27-22(25)26/h1-3,5-6,14-16H,4,7-12,23H2,(H2,24,31)(H,28,33)(H,29,32)(H,30,34)(H,35,36)(H4,25,26,27). The molecule has 0 saturated heterocycles. The number of carboxylic acid groups (broad SMARTS) is 1. The highest BCUT2D eigenvalue weighted by atomic mass is 16.4. The monoisotopic (exact) mass is 506 g/mol. The van der Waals surface area contributed by atoms with Crippen LogP contribution in [0.25, 0.3) is 0 Å². The summed E-state index contributed by atoms with van der Waals surface area (Å²) < 4.78 is 0. The summed E-state index contributed by atoms with van der Waals surface area (Å²) in [6, 6.07) is 5.63. The summed E-state index contributed by atoms with van der Waals surface area (Å²) in [6.07, 6.45) is 0.133. The van der Waals surface area contributed by atoms with Gasteiger partial charge in [-0.05, 0) is 31.2 Å². The number of hydrogen-bond donors (Lipinski definition) is 8. The first-order valence-electron chi connectivity index (χ1n) is 11.2. The number of nitrogens with zero attached hydrogens (tertiary/aromatic N) is 1. The van der Waals surface area contributed by atoms with Crippen LogP contribution >= 0.6 is 0 Å². The molecular formula is C22H34N8O6. The van der Waals surface area contributed by atoms with E-state index in [1.165, 1.54) is 0 Å². The molecule has 0 radical (unpaired) electrons. The van der Waals surface area contributed by atoms with Gasteiger partial charge in [0.25, 0.3) is 0 Å². The van der Waals surface area contributed by atoms with Crippen molar-refractivity contribution in [3.05, 3.63) is 35.9 Å². The maximum absolute atomic E-state index is 12.7. The van der Waals surface area contributed by atoms with Gasteiger partial charge in [0.2, 0.25) is 23.6 Å². The van der Waals surface area contributed by atoms with E-state index in [4.69, 9.17) is 22.9 Å². The topological polar surface area (TPSA) is 258 Å². The summed E-state index contributed by atoms with van der Waals surface area (Å²) in [5.74, 6) is -4.29. The first kappa shape index (κ1) is 29.8. The van der Waals surface area contributed by atoms with Gasteiger partial charge in [-0.1, -0.05) is 30.3 Å². The van der Waals surface area contributed by atoms with Crippen LogP contribution < -0.4 is 38.9 Å². The van der Waals surface area contributed by atoms with Crippen LogP contribution in [0.2, 0.25) is 0 Å². The summed E-state index contributed by atoms with van der Waals surface area (Å²) >= 11 is 0. The molecule has 0 bridgehead atoms. The average molecular weight is 507 g/mol. The lowest BCUT2D eigenvalue weighted by Gasteiger charge is -2.21. The number of aliphatic imine (C=N–C) groups is 1. The number of amides is 4. The lowest BCUT2D eigenvalue weighted by Crippen LogP contribution is -2.54. The van der Waals surface area contributed by atoms with Gasteiger partial charge in [-0.15, -0.1) is 0 Å². The summed E-state index contributed by atoms with van der Waals surface area (Å²) in [5, 5.41) is 16.5. The summed E-state index contributed by atoms with van der Waals surface area (Å²) in [7, 11) is 0. The normalized spacial score (nSPS) is 12.9. The second kappa shape index (κ2) is 15.7. The van der Waals surface area contributed by atoms with Crippen molar-refractivity contribution < 1.29 is 29.1 Å². The molecule has 0 spiro atoms. The molecule has 3 atom stereocenters. The predicted octanol–water partition coefficient (Wildman–Crippen LogP) is -2.95. The minimum atomic E-state index is -1.30. The molecule has 14 nitrogen and oxygen atoms in total. The van der Waals surface area contributed by atoms with Crippen LogP contribution in [-0.4, -0.2) is 71.9 Å². The molecule has 0 saturated carbocycles. The number of benzene rings is 1. The highest BCUT2D eigenvalue weighted by molar-refractivity contribution is 5.92. The maximum atomic E-state index is 12.7. The van der Waals surface area contributed by atoms with Crippen LogP contribution in [0.1, 0.15) is 31.2 Å². The fourth-order valence-corrected chi connectivity index (χ4v) is 3.09. The SMILES string of the molecule is NC(=O)CCC(NC(=O)CNC(=O)C(N)Cc1ccccc1)C(=O)NC(CCCN=C(N)N)C(=O)O. The number of rotatable bonds is 16. The van der Waals surface area contributed by atoms with Gasteiger partial charge in [0.1, 0.15) is 12.1 Å². The van der Waals surface area contributed by atoms with Gasteiger partial charge in [0.05, 0.1) is 12.6 Å². The minimum absolute atomic E-state index is 0.0176. The van der Waals surface area contributed by atoms with Crippen molar-refractivity contribution in [2.24, 2.45) is 27.9 Å². The highest BCUT2D eigenvalue weighted by Crippen LogP contribution is 2.04. The predicted molar refractivity (Wildman–Crippen MR) is 131 cm³/mol. The van der Waals surface area contributed by atoms with Crippen LogP contribution in [0.15, 0.2) is 35.3 Å². The highest BCUT2D eigenvalue weighted by Gasteiger charge is 2.27. The van der Waals surface area contributed by atoms with Crippen LogP contribution in [0.5, 0.6) is 0 Å². The molecule has 36 heavy (non-hydrogen) atoms. The molecule has 0 fully saturated rings. The molecule has 0 aliphatic heterocycles. The Morgan fingerprint density at radius 3 is 2.17 bits per heavy atom. The fourth-order valence-electron chi connectivity index (χ4n) is 3.09. The molecular weight excluding hydrogens is 472 g/mol. The van der Waals surface area contributed by atoms with Gasteiger partial charge >= 0.3 is 5.97 Å². The summed E-state index contributed by atoms with van der Waals surface area (Å²) in [6.45, 7) is -0.321. The van der Waals surface area contributed by atoms with E-state index >= 15 is 0 Å². The Labute approximate surface area is 208 Å². The zero-order chi connectivity index (χ0) is 27.1. The van der Waals surface area contributed by atoms with E-state index in [1.807, 2.05) is 30.3 Å². The molecule has 1 rings (SSSR count). The second-order valence-electron chi connectivity index (χ2n) is 7.99.